The molecule has 0 aliphatic rings. The molecule has 5 nitrogen and oxygen atoms in total. The molecule has 3 aromatic rings. The van der Waals surface area contributed by atoms with Crippen LogP contribution in [0, 0.1) is 18.2 Å². The van der Waals surface area contributed by atoms with Crippen molar-refractivity contribution < 1.29 is 17.6 Å². The van der Waals surface area contributed by atoms with Crippen LogP contribution in [0.4, 0.5) is 23.4 Å². The Morgan fingerprint density at radius 1 is 1.11 bits per heavy atom. The van der Waals surface area contributed by atoms with Gasteiger partial charge in [-0.2, -0.15) is 27.8 Å². The van der Waals surface area contributed by atoms with Crippen molar-refractivity contribution in [2.75, 3.05) is 5.32 Å². The molecule has 2 heterocycles. The van der Waals surface area contributed by atoms with Gasteiger partial charge in [-0.05, 0) is 24.5 Å². The number of anilines is 1. The first-order valence-electron chi connectivity index (χ1n) is 8.27. The van der Waals surface area contributed by atoms with Crippen LogP contribution in [-0.2, 0) is 6.18 Å². The van der Waals surface area contributed by atoms with Crippen molar-refractivity contribution >= 4 is 11.6 Å². The molecule has 1 atom stereocenters. The highest BCUT2D eigenvalue weighted by molar-refractivity contribution is 5.47. The van der Waals surface area contributed by atoms with Crippen molar-refractivity contribution in [1.82, 2.24) is 19.6 Å². The fourth-order valence-corrected chi connectivity index (χ4v) is 2.88. The molecule has 0 aliphatic heterocycles. The number of hydrogen-bond donors (Lipinski definition) is 1. The Hall–Kier alpha value is -2.71. The predicted molar refractivity (Wildman–Crippen MR) is 92.7 cm³/mol. The zero-order valence-electron chi connectivity index (χ0n) is 15.3. The van der Waals surface area contributed by atoms with Gasteiger partial charge in [0.25, 0.3) is 5.78 Å². The molecule has 0 bridgehead atoms. The molecule has 1 aromatic carbocycles. The fraction of sp³-hybridized carbons (Fsp3) is 0.389. The number of nitrogens with one attached hydrogen (secondary N) is 1. The van der Waals surface area contributed by atoms with E-state index in [1.807, 2.05) is 20.8 Å². The zero-order chi connectivity index (χ0) is 20.0. The maximum Gasteiger partial charge on any atom is 0.416 e. The number of halogens is 4. The summed E-state index contributed by atoms with van der Waals surface area (Å²) in [6.07, 6.45) is -3.25. The van der Waals surface area contributed by atoms with Crippen molar-refractivity contribution in [3.63, 3.8) is 0 Å². The smallest absolute Gasteiger partial charge is 0.362 e. The summed E-state index contributed by atoms with van der Waals surface area (Å²) in [6.45, 7) is 7.39. The minimum absolute atomic E-state index is 0.137. The first-order chi connectivity index (χ1) is 12.5. The Morgan fingerprint density at radius 2 is 1.81 bits per heavy atom. The van der Waals surface area contributed by atoms with E-state index < -0.39 is 29.0 Å². The lowest BCUT2D eigenvalue weighted by Crippen LogP contribution is -2.28. The first kappa shape index (κ1) is 19.1. The van der Waals surface area contributed by atoms with Crippen LogP contribution in [0.1, 0.15) is 43.6 Å². The maximum absolute atomic E-state index is 14.6. The highest BCUT2D eigenvalue weighted by atomic mass is 19.4. The second-order valence-electron chi connectivity index (χ2n) is 7.43. The van der Waals surface area contributed by atoms with Crippen LogP contribution in [0.25, 0.3) is 5.78 Å². The molecule has 0 saturated heterocycles. The summed E-state index contributed by atoms with van der Waals surface area (Å²) in [4.78, 5) is 8.29. The number of fused-ring (bicyclic) bond motifs is 1. The van der Waals surface area contributed by atoms with Crippen LogP contribution < -0.4 is 5.32 Å². The monoisotopic (exact) mass is 381 g/mol. The molecule has 0 amide bonds. The number of rotatable bonds is 3. The van der Waals surface area contributed by atoms with Crippen molar-refractivity contribution in [3.8, 4) is 0 Å². The lowest BCUT2D eigenvalue weighted by atomic mass is 9.82. The summed E-state index contributed by atoms with van der Waals surface area (Å²) < 4.78 is 54.6. The van der Waals surface area contributed by atoms with Crippen LogP contribution in [0.5, 0.6) is 0 Å². The van der Waals surface area contributed by atoms with Crippen LogP contribution in [0.2, 0.25) is 0 Å². The molecule has 9 heteroatoms. The van der Waals surface area contributed by atoms with E-state index in [0.29, 0.717) is 23.4 Å². The molecular weight excluding hydrogens is 362 g/mol. The average molecular weight is 381 g/mol. The highest BCUT2D eigenvalue weighted by Gasteiger charge is 2.34. The van der Waals surface area contributed by atoms with Gasteiger partial charge < -0.3 is 5.32 Å². The molecule has 0 saturated carbocycles. The topological polar surface area (TPSA) is 55.1 Å². The van der Waals surface area contributed by atoms with Gasteiger partial charge in [-0.1, -0.05) is 26.8 Å². The van der Waals surface area contributed by atoms with Crippen molar-refractivity contribution in [1.29, 1.82) is 0 Å². The van der Waals surface area contributed by atoms with Crippen LogP contribution in [0.15, 0.2) is 30.6 Å². The van der Waals surface area contributed by atoms with E-state index >= 15 is 0 Å². The van der Waals surface area contributed by atoms with Gasteiger partial charge in [-0.25, -0.2) is 9.37 Å². The van der Waals surface area contributed by atoms with E-state index in [4.69, 9.17) is 0 Å². The largest absolute Gasteiger partial charge is 0.416 e. The average Bonchev–Trinajstić information content (AvgIpc) is 2.99. The summed E-state index contributed by atoms with van der Waals surface area (Å²) >= 11 is 0. The first-order valence-corrected chi connectivity index (χ1v) is 8.27. The Morgan fingerprint density at radius 3 is 2.41 bits per heavy atom. The van der Waals surface area contributed by atoms with E-state index in [1.165, 1.54) is 16.9 Å². The molecule has 0 fully saturated rings. The second-order valence-corrected chi connectivity index (χ2v) is 7.43. The van der Waals surface area contributed by atoms with Gasteiger partial charge in [0.1, 0.15) is 18.0 Å². The third-order valence-corrected chi connectivity index (χ3v) is 4.18. The molecule has 3 rings (SSSR count). The minimum atomic E-state index is -4.60. The van der Waals surface area contributed by atoms with Crippen LogP contribution in [-0.4, -0.2) is 19.6 Å². The van der Waals surface area contributed by atoms with Gasteiger partial charge in [0.05, 0.1) is 11.6 Å². The van der Waals surface area contributed by atoms with E-state index in [9.17, 15) is 17.6 Å². The molecule has 0 aliphatic carbocycles. The van der Waals surface area contributed by atoms with Gasteiger partial charge in [0.15, 0.2) is 0 Å². The van der Waals surface area contributed by atoms with Crippen LogP contribution in [0.3, 0.4) is 0 Å². The van der Waals surface area contributed by atoms with Gasteiger partial charge in [-0.15, -0.1) is 0 Å². The fourth-order valence-electron chi connectivity index (χ4n) is 2.88. The molecule has 0 radical (unpaired) electrons. The van der Waals surface area contributed by atoms with Crippen molar-refractivity contribution in [3.05, 3.63) is 53.2 Å². The Bertz CT molecular complexity index is 972. The summed E-state index contributed by atoms with van der Waals surface area (Å²) in [5.74, 6) is -0.0230. The van der Waals surface area contributed by atoms with Crippen LogP contribution >= 0.6 is 0 Å². The molecule has 0 unspecified atom stereocenters. The summed E-state index contributed by atoms with van der Waals surface area (Å²) in [6, 6.07) is 3.70. The lowest BCUT2D eigenvalue weighted by molar-refractivity contribution is -0.137. The quantitative estimate of drug-likeness (QED) is 0.663. The zero-order valence-corrected chi connectivity index (χ0v) is 15.3. The maximum atomic E-state index is 14.6. The van der Waals surface area contributed by atoms with E-state index in [0.717, 1.165) is 6.07 Å². The highest BCUT2D eigenvalue weighted by Crippen LogP contribution is 2.39. The third kappa shape index (κ3) is 3.86. The summed E-state index contributed by atoms with van der Waals surface area (Å²) in [5, 5.41) is 7.30. The molecule has 27 heavy (non-hydrogen) atoms. The van der Waals surface area contributed by atoms with Gasteiger partial charge >= 0.3 is 6.18 Å². The SMILES string of the molecule is Cc1cc(N[C@@H](c2ccc(C(F)(F)F)cc2F)C(C)(C)C)n2ncnc2n1. The number of aryl methyl sites for hydroxylation is 1. The lowest BCUT2D eigenvalue weighted by Gasteiger charge is -2.33. The van der Waals surface area contributed by atoms with E-state index in [-0.39, 0.29) is 5.56 Å². The third-order valence-electron chi connectivity index (χ3n) is 4.18. The summed E-state index contributed by atoms with van der Waals surface area (Å²) in [7, 11) is 0. The van der Waals surface area contributed by atoms with E-state index in [2.05, 4.69) is 20.4 Å². The molecule has 1 N–H and O–H groups in total. The van der Waals surface area contributed by atoms with Gasteiger partial charge in [0, 0.05) is 17.3 Å². The number of hydrogen-bond acceptors (Lipinski definition) is 4. The number of benzene rings is 1. The van der Waals surface area contributed by atoms with Gasteiger partial charge in [0.2, 0.25) is 0 Å². The number of nitrogens with zero attached hydrogens (tertiary/aromatic N) is 4. The predicted octanol–water partition coefficient (Wildman–Crippen LogP) is 4.79. The van der Waals surface area contributed by atoms with E-state index in [1.54, 1.807) is 13.0 Å². The molecule has 0 spiro atoms. The Labute approximate surface area is 153 Å². The normalized spacial score (nSPS) is 13.8. The molecular formula is C18H19F4N5. The number of aromatic nitrogens is 4. The van der Waals surface area contributed by atoms with Gasteiger partial charge in [-0.3, -0.25) is 0 Å². The Kier molecular flexibility index (Phi) is 4.57. The molecule has 144 valence electrons. The summed E-state index contributed by atoms with van der Waals surface area (Å²) in [5.41, 5.74) is -0.711. The second kappa shape index (κ2) is 6.47. The van der Waals surface area contributed by atoms with Crippen molar-refractivity contribution in [2.24, 2.45) is 5.41 Å². The van der Waals surface area contributed by atoms with Crippen molar-refractivity contribution in [2.45, 2.75) is 39.9 Å². The Balaban J connectivity index is 2.07. The molecule has 2 aromatic heterocycles. The minimum Gasteiger partial charge on any atom is -0.362 e. The number of alkyl halides is 3. The standard InChI is InChI=1S/C18H19F4N5/c1-10-7-14(27-16(25-10)23-9-24-27)26-15(17(2,3)4)12-6-5-11(8-13(12)19)18(20,21)22/h5-9,15,26H,1-4H3/t15-/m0/s1.